The van der Waals surface area contributed by atoms with Gasteiger partial charge in [0.05, 0.1) is 0 Å². The van der Waals surface area contributed by atoms with Crippen LogP contribution in [-0.4, -0.2) is 9.55 Å². The van der Waals surface area contributed by atoms with Crippen molar-refractivity contribution in [1.82, 2.24) is 9.55 Å². The number of hydrogen-bond donors (Lipinski definition) is 0. The van der Waals surface area contributed by atoms with Crippen LogP contribution in [0.5, 0.6) is 0 Å². The monoisotopic (exact) mass is 1430 g/mol. The SMILES string of the molecule is Cn1[cH-][cH-]c2ncsc2[cH-]1.[Re].[Re].[Re].[Re].[Rf].[Rf]. The second-order valence-corrected chi connectivity index (χ2v) is 3.10. The first-order valence-corrected chi connectivity index (χ1v) is 3.93. The molecule has 2 aromatic heterocycles. The molecule has 0 saturated heterocycles. The molecule has 0 atom stereocenters. The predicted molar refractivity (Wildman–Crippen MR) is 43.0 cm³/mol. The van der Waals surface area contributed by atoms with Crippen molar-refractivity contribution in [3.8, 4) is 0 Å². The van der Waals surface area contributed by atoms with E-state index in [4.69, 9.17) is 0 Å². The summed E-state index contributed by atoms with van der Waals surface area (Å²) in [5.74, 6) is 0. The second-order valence-electron chi connectivity index (χ2n) is 2.21. The Bertz CT molecular complexity index is 374. The molecule has 2 rings (SSSR count). The number of hydrogen-bond acceptors (Lipinski definition) is 2. The molecule has 0 N–H and O–H groups in total. The number of thiazole rings is 1. The van der Waals surface area contributed by atoms with E-state index in [1.165, 1.54) is 4.70 Å². The normalized spacial score (nSPS) is 6.56. The first-order valence-electron chi connectivity index (χ1n) is 3.05. The van der Waals surface area contributed by atoms with Gasteiger partial charge in [-0.1, -0.05) is 0 Å². The van der Waals surface area contributed by atoms with Gasteiger partial charge in [0.25, 0.3) is 0 Å². The van der Waals surface area contributed by atoms with Crippen LogP contribution < -0.4 is 0 Å². The van der Waals surface area contributed by atoms with Crippen LogP contribution >= 0.6 is 11.3 Å². The van der Waals surface area contributed by atoms with Gasteiger partial charge in [0.1, 0.15) is 0 Å². The van der Waals surface area contributed by atoms with Gasteiger partial charge in [-0.05, 0) is 7.05 Å². The smallest absolute Gasteiger partial charge is 0.0298 e. The third-order valence-electron chi connectivity index (χ3n) is 1.41. The van der Waals surface area contributed by atoms with Crippen molar-refractivity contribution in [2.45, 2.75) is 0 Å². The van der Waals surface area contributed by atoms with Crippen molar-refractivity contribution in [3.63, 3.8) is 0 Å². The van der Waals surface area contributed by atoms with E-state index in [0.29, 0.717) is 0 Å². The maximum absolute atomic E-state index is 4.16. The first kappa shape index (κ1) is 29.6. The molecule has 0 aromatic carbocycles. The molecule has 0 amide bonds. The Labute approximate surface area is 142 Å². The minimum absolute atomic E-state index is 0. The van der Waals surface area contributed by atoms with Gasteiger partial charge in [-0.2, -0.15) is 0 Å². The quantitative estimate of drug-likeness (QED) is 0.370. The molecule has 2 heterocycles. The summed E-state index contributed by atoms with van der Waals surface area (Å²) in [4.78, 5) is 4.16. The van der Waals surface area contributed by atoms with E-state index in [9.17, 15) is 0 Å². The number of aromatic nitrogens is 2. The predicted octanol–water partition coefficient (Wildman–Crippen LogP) is 1.91. The molecule has 0 saturated carbocycles. The van der Waals surface area contributed by atoms with Crippen LogP contribution in [0.1, 0.15) is 0 Å². The van der Waals surface area contributed by atoms with Gasteiger partial charge < -0.3 is 32.0 Å². The number of aryl methyl sites for hydroxylation is 1. The average Bonchev–Trinajstić information content (AvgIpc) is 2.33. The summed E-state index contributed by atoms with van der Waals surface area (Å²) in [6.45, 7) is 0. The molecule has 2 nitrogen and oxygen atoms in total. The maximum atomic E-state index is 4.16. The van der Waals surface area contributed by atoms with Crippen LogP contribution in [0, 0.1) is 0 Å². The maximum Gasteiger partial charge on any atom is 0.0298 e. The standard InChI is InChI=1S/C7H7N2S.4Re.2Rf/c1-9-3-2-6-7(4-9)10-5-8-6;;;;;;/h2-5H,1H3;;;;;;/q-3;;;;;;. The van der Waals surface area contributed by atoms with Gasteiger partial charge in [0.2, 0.25) is 0 Å². The molecular weight excluding hydrogens is 1420 g/mol. The van der Waals surface area contributed by atoms with Gasteiger partial charge in [-0.25, -0.2) is 0 Å². The van der Waals surface area contributed by atoms with Gasteiger partial charge in [-0.3, -0.25) is 17.5 Å². The molecule has 0 spiro atoms. The Morgan fingerprint density at radius 3 is 2.31 bits per heavy atom. The molecule has 16 heavy (non-hydrogen) atoms. The van der Waals surface area contributed by atoms with Crippen molar-refractivity contribution in [3.05, 3.63) is 24.0 Å². The molecule has 0 aliphatic rings. The topological polar surface area (TPSA) is 17.8 Å². The Morgan fingerprint density at radius 1 is 1.19 bits per heavy atom. The molecule has 0 bridgehead atoms. The van der Waals surface area contributed by atoms with Crippen molar-refractivity contribution in [1.29, 1.82) is 0 Å². The van der Waals surface area contributed by atoms with Crippen molar-refractivity contribution >= 4 is 21.6 Å². The Kier molecular flexibility index (Phi) is 23.6. The van der Waals surface area contributed by atoms with Crippen molar-refractivity contribution < 1.29 is 81.7 Å². The summed E-state index contributed by atoms with van der Waals surface area (Å²) < 4.78 is 3.27. The number of nitrogens with zero attached hydrogens (tertiary/aromatic N) is 2. The molecular formula is C7H7N2Re4Rf2S-3. The summed E-state index contributed by atoms with van der Waals surface area (Å²) in [6, 6.07) is 2.02. The summed E-state index contributed by atoms with van der Waals surface area (Å²) in [5.41, 5.74) is 2.95. The number of rotatable bonds is 0. The van der Waals surface area contributed by atoms with Crippen LogP contribution in [0.2, 0.25) is 0 Å². The largest absolute Gasteiger partial charge is 0.594 e. The summed E-state index contributed by atoms with van der Waals surface area (Å²) >= 11 is 1.67. The summed E-state index contributed by atoms with van der Waals surface area (Å²) in [7, 11) is 2.01. The first-order chi connectivity index (χ1) is 4.86. The molecule has 4 radical (unpaired) electrons. The number of fused-ring (bicyclic) bond motifs is 1. The van der Waals surface area contributed by atoms with Crippen LogP contribution in [-0.2, 0) is 88.7 Å². The van der Waals surface area contributed by atoms with E-state index in [1.54, 1.807) is 11.3 Å². The van der Waals surface area contributed by atoms with E-state index in [2.05, 4.69) is 11.2 Å². The second kappa shape index (κ2) is 12.8. The van der Waals surface area contributed by atoms with Crippen LogP contribution in [0.3, 0.4) is 0 Å². The minimum atomic E-state index is 0. The fourth-order valence-corrected chi connectivity index (χ4v) is 1.65. The minimum Gasteiger partial charge on any atom is -0.594 e. The van der Waals surface area contributed by atoms with E-state index >= 15 is 0 Å². The average molecular weight is 1430 g/mol. The fourth-order valence-electron chi connectivity index (χ4n) is 0.902. The van der Waals surface area contributed by atoms with Crippen molar-refractivity contribution in [2.75, 3.05) is 0 Å². The zero-order chi connectivity index (χ0) is 6.97. The van der Waals surface area contributed by atoms with E-state index in [-0.39, 0.29) is 81.7 Å². The summed E-state index contributed by atoms with van der Waals surface area (Å²) in [6.07, 6.45) is 4.08. The van der Waals surface area contributed by atoms with Crippen molar-refractivity contribution in [2.24, 2.45) is 7.05 Å². The summed E-state index contributed by atoms with van der Waals surface area (Å²) in [5, 5.41) is 0. The molecule has 2 aromatic rings. The Hall–Kier alpha value is -0.311. The van der Waals surface area contributed by atoms with E-state index in [1.807, 2.05) is 29.4 Å². The molecule has 9 heteroatoms. The molecule has 86 valence electrons. The van der Waals surface area contributed by atoms with Gasteiger partial charge in [0.15, 0.2) is 0 Å². The fraction of sp³-hybridized carbons (Fsp3) is 0.143. The third-order valence-corrected chi connectivity index (χ3v) is 2.19. The van der Waals surface area contributed by atoms with E-state index < -0.39 is 0 Å². The van der Waals surface area contributed by atoms with Crippen LogP contribution in [0.4, 0.5) is 0 Å². The molecule has 0 aliphatic heterocycles. The van der Waals surface area contributed by atoms with Crippen LogP contribution in [0.15, 0.2) is 24.0 Å². The van der Waals surface area contributed by atoms with Gasteiger partial charge in [-0.15, -0.1) is 0 Å². The molecule has 0 unspecified atom stereocenters. The van der Waals surface area contributed by atoms with Crippen LogP contribution in [0.25, 0.3) is 10.2 Å². The Balaban J connectivity index is -0.0000000672. The molecule has 0 fully saturated rings. The Morgan fingerprint density at radius 2 is 1.75 bits per heavy atom. The van der Waals surface area contributed by atoms with Gasteiger partial charge in [0, 0.05) is 87.2 Å². The molecule has 0 aliphatic carbocycles. The zero-order valence-corrected chi connectivity index (χ0v) is 33.0. The number of pyridine rings is 1. The zero-order valence-electron chi connectivity index (χ0n) is 8.54. The van der Waals surface area contributed by atoms with E-state index in [0.717, 1.165) is 5.52 Å². The van der Waals surface area contributed by atoms with Gasteiger partial charge >= 0.3 is 0 Å². The third kappa shape index (κ3) is 6.31.